The van der Waals surface area contributed by atoms with Crippen LogP contribution in [-0.2, 0) is 20.9 Å². The molecule has 0 bridgehead atoms. The van der Waals surface area contributed by atoms with E-state index in [1.54, 1.807) is 18.2 Å². The molecule has 11 nitrogen and oxygen atoms in total. The number of nitrogens with zero attached hydrogens (tertiary/aromatic N) is 5. The highest BCUT2D eigenvalue weighted by molar-refractivity contribution is 6.30. The number of benzene rings is 1. The molecule has 3 heterocycles. The Hall–Kier alpha value is -2.60. The van der Waals surface area contributed by atoms with Gasteiger partial charge in [-0.05, 0) is 34.2 Å². The zero-order chi connectivity index (χ0) is 19.8. The van der Waals surface area contributed by atoms with Gasteiger partial charge in [0, 0.05) is 18.0 Å². The van der Waals surface area contributed by atoms with E-state index in [1.807, 2.05) is 0 Å². The van der Waals surface area contributed by atoms with Crippen LogP contribution in [0.5, 0.6) is 0 Å². The first-order valence-electron chi connectivity index (χ1n) is 8.63. The minimum absolute atomic E-state index is 0.162. The second-order valence-corrected chi connectivity index (χ2v) is 7.03. The SMILES string of the molecule is N[C@H](CO)C(=O)N1C(C(=O)NCc2cc(Cl)ccc2-n2cnnn2)C[C@H]2O[C@H]21. The van der Waals surface area contributed by atoms with Gasteiger partial charge in [-0.2, -0.15) is 0 Å². The van der Waals surface area contributed by atoms with Crippen LogP contribution < -0.4 is 11.1 Å². The first kappa shape index (κ1) is 18.7. The summed E-state index contributed by atoms with van der Waals surface area (Å²) in [5, 5.41) is 23.5. The van der Waals surface area contributed by atoms with Crippen molar-refractivity contribution in [1.29, 1.82) is 0 Å². The number of amides is 2. The predicted molar refractivity (Wildman–Crippen MR) is 95.0 cm³/mol. The number of nitrogens with two attached hydrogens (primary N) is 1. The molecule has 1 unspecified atom stereocenters. The van der Waals surface area contributed by atoms with E-state index in [0.29, 0.717) is 22.7 Å². The molecule has 12 heteroatoms. The molecule has 2 aliphatic heterocycles. The number of epoxide rings is 1. The Bertz CT molecular complexity index is 893. The highest BCUT2D eigenvalue weighted by Gasteiger charge is 2.58. The van der Waals surface area contributed by atoms with Crippen molar-refractivity contribution in [2.24, 2.45) is 5.73 Å². The van der Waals surface area contributed by atoms with Crippen LogP contribution in [0.1, 0.15) is 12.0 Å². The fraction of sp³-hybridized carbons (Fsp3) is 0.438. The molecule has 2 fully saturated rings. The second kappa shape index (κ2) is 7.43. The van der Waals surface area contributed by atoms with Gasteiger partial charge in [0.15, 0.2) is 6.23 Å². The molecule has 1 aromatic carbocycles. The van der Waals surface area contributed by atoms with Crippen molar-refractivity contribution in [2.45, 2.75) is 37.4 Å². The van der Waals surface area contributed by atoms with E-state index >= 15 is 0 Å². The Morgan fingerprint density at radius 1 is 1.46 bits per heavy atom. The average molecular weight is 408 g/mol. The van der Waals surface area contributed by atoms with Crippen molar-refractivity contribution in [3.8, 4) is 5.69 Å². The Labute approximate surface area is 164 Å². The molecule has 0 radical (unpaired) electrons. The van der Waals surface area contributed by atoms with E-state index < -0.39 is 30.8 Å². The zero-order valence-electron chi connectivity index (χ0n) is 14.6. The van der Waals surface area contributed by atoms with E-state index in [1.165, 1.54) is 15.9 Å². The summed E-state index contributed by atoms with van der Waals surface area (Å²) in [5.74, 6) is -0.846. The van der Waals surface area contributed by atoms with Gasteiger partial charge in [0.25, 0.3) is 0 Å². The molecule has 2 saturated heterocycles. The molecule has 148 valence electrons. The number of aliphatic hydroxyl groups is 1. The van der Waals surface area contributed by atoms with E-state index in [4.69, 9.17) is 27.2 Å². The summed E-state index contributed by atoms with van der Waals surface area (Å²) in [7, 11) is 0. The minimum atomic E-state index is -1.09. The summed E-state index contributed by atoms with van der Waals surface area (Å²) in [6, 6.07) is 3.36. The number of tetrazole rings is 1. The topological polar surface area (TPSA) is 152 Å². The zero-order valence-corrected chi connectivity index (χ0v) is 15.4. The summed E-state index contributed by atoms with van der Waals surface area (Å²) in [6.45, 7) is -0.339. The number of hydrogen-bond donors (Lipinski definition) is 3. The number of fused-ring (bicyclic) bond motifs is 1. The maximum absolute atomic E-state index is 12.7. The number of aliphatic hydroxyl groups excluding tert-OH is 1. The molecule has 28 heavy (non-hydrogen) atoms. The summed E-state index contributed by atoms with van der Waals surface area (Å²) in [6.07, 6.45) is 1.19. The number of carbonyl (C=O) groups excluding carboxylic acids is 2. The van der Waals surface area contributed by atoms with E-state index in [9.17, 15) is 9.59 Å². The van der Waals surface area contributed by atoms with Crippen LogP contribution in [0.25, 0.3) is 5.69 Å². The largest absolute Gasteiger partial charge is 0.394 e. The van der Waals surface area contributed by atoms with E-state index in [-0.39, 0.29) is 18.6 Å². The molecule has 0 aliphatic carbocycles. The first-order chi connectivity index (χ1) is 13.5. The lowest BCUT2D eigenvalue weighted by molar-refractivity contribution is -0.144. The van der Waals surface area contributed by atoms with Gasteiger partial charge in [-0.3, -0.25) is 9.59 Å². The van der Waals surface area contributed by atoms with Crippen molar-refractivity contribution in [3.63, 3.8) is 0 Å². The number of hydrogen-bond acceptors (Lipinski definition) is 8. The van der Waals surface area contributed by atoms with Gasteiger partial charge in [-0.15, -0.1) is 5.10 Å². The number of ether oxygens (including phenoxy) is 1. The molecule has 2 aliphatic rings. The van der Waals surface area contributed by atoms with Gasteiger partial charge >= 0.3 is 0 Å². The molecular weight excluding hydrogens is 390 g/mol. The predicted octanol–water partition coefficient (Wildman–Crippen LogP) is -1.42. The molecule has 1 aromatic heterocycles. The molecule has 4 atom stereocenters. The van der Waals surface area contributed by atoms with Crippen molar-refractivity contribution in [2.75, 3.05) is 6.61 Å². The number of halogens is 1. The average Bonchev–Trinajstić information content (AvgIpc) is 3.09. The monoisotopic (exact) mass is 407 g/mol. The second-order valence-electron chi connectivity index (χ2n) is 6.60. The Morgan fingerprint density at radius 3 is 3.00 bits per heavy atom. The van der Waals surface area contributed by atoms with Crippen LogP contribution in [0.3, 0.4) is 0 Å². The van der Waals surface area contributed by atoms with Crippen LogP contribution in [0.4, 0.5) is 0 Å². The highest BCUT2D eigenvalue weighted by Crippen LogP contribution is 2.40. The van der Waals surface area contributed by atoms with Gasteiger partial charge in [-0.1, -0.05) is 11.6 Å². The minimum Gasteiger partial charge on any atom is -0.394 e. The number of likely N-dealkylation sites (tertiary alicyclic amines) is 1. The number of aromatic nitrogens is 4. The quantitative estimate of drug-likeness (QED) is 0.493. The van der Waals surface area contributed by atoms with Crippen LogP contribution in [-0.4, -0.2) is 73.1 Å². The molecule has 4 rings (SSSR count). The van der Waals surface area contributed by atoms with E-state index in [2.05, 4.69) is 20.8 Å². The molecule has 0 saturated carbocycles. The maximum Gasteiger partial charge on any atom is 0.244 e. The lowest BCUT2D eigenvalue weighted by Crippen LogP contribution is -2.53. The lowest BCUT2D eigenvalue weighted by Gasteiger charge is -2.27. The molecule has 2 amide bonds. The maximum atomic E-state index is 12.7. The fourth-order valence-corrected chi connectivity index (χ4v) is 3.53. The first-order valence-corrected chi connectivity index (χ1v) is 9.01. The van der Waals surface area contributed by atoms with Crippen molar-refractivity contribution < 1.29 is 19.4 Å². The summed E-state index contributed by atoms with van der Waals surface area (Å²) >= 11 is 6.08. The fourth-order valence-electron chi connectivity index (χ4n) is 3.33. The van der Waals surface area contributed by atoms with Crippen molar-refractivity contribution in [1.82, 2.24) is 30.4 Å². The van der Waals surface area contributed by atoms with Gasteiger partial charge < -0.3 is 25.8 Å². The standard InChI is InChI=1S/C16H18ClN7O4/c17-9-1-2-11(23-7-20-21-22-23)8(3-9)5-19-14(26)12-4-13-16(28-13)24(12)15(27)10(18)6-25/h1-3,7,10,12-13,16,25H,4-6,18H2,(H,19,26)/t10-,12?,13-,16-/m1/s1. The van der Waals surface area contributed by atoms with Crippen LogP contribution >= 0.6 is 11.6 Å². The third kappa shape index (κ3) is 3.44. The lowest BCUT2D eigenvalue weighted by atomic mass is 10.1. The van der Waals surface area contributed by atoms with Crippen LogP contribution in [0.15, 0.2) is 24.5 Å². The third-order valence-corrected chi connectivity index (χ3v) is 5.02. The molecule has 4 N–H and O–H groups in total. The summed E-state index contributed by atoms with van der Waals surface area (Å²) < 4.78 is 6.82. The van der Waals surface area contributed by atoms with Gasteiger partial charge in [-0.25, -0.2) is 4.68 Å². The number of carbonyl (C=O) groups is 2. The molecule has 2 aromatic rings. The third-order valence-electron chi connectivity index (χ3n) is 4.78. The smallest absolute Gasteiger partial charge is 0.244 e. The summed E-state index contributed by atoms with van der Waals surface area (Å²) in [5.41, 5.74) is 7.01. The Kier molecular flexibility index (Phi) is 4.98. The molecular formula is C16H18ClN7O4. The van der Waals surface area contributed by atoms with Crippen molar-refractivity contribution in [3.05, 3.63) is 35.1 Å². The van der Waals surface area contributed by atoms with Crippen LogP contribution in [0, 0.1) is 0 Å². The molecule has 0 spiro atoms. The van der Waals surface area contributed by atoms with Gasteiger partial charge in [0.05, 0.1) is 12.3 Å². The highest BCUT2D eigenvalue weighted by atomic mass is 35.5. The normalized spacial score (nSPS) is 24.0. The van der Waals surface area contributed by atoms with Crippen LogP contribution in [0.2, 0.25) is 5.02 Å². The number of rotatable bonds is 6. The van der Waals surface area contributed by atoms with Gasteiger partial charge in [0.1, 0.15) is 24.5 Å². The number of nitrogens with one attached hydrogen (secondary N) is 1. The summed E-state index contributed by atoms with van der Waals surface area (Å²) in [4.78, 5) is 26.5. The van der Waals surface area contributed by atoms with E-state index in [0.717, 1.165) is 0 Å². The van der Waals surface area contributed by atoms with Crippen molar-refractivity contribution >= 4 is 23.4 Å². The Balaban J connectivity index is 1.48. The Morgan fingerprint density at radius 2 is 2.29 bits per heavy atom. The van der Waals surface area contributed by atoms with Gasteiger partial charge in [0.2, 0.25) is 11.8 Å².